The summed E-state index contributed by atoms with van der Waals surface area (Å²) in [5.41, 5.74) is 1.30. The number of nitrogens with zero attached hydrogens (tertiary/aromatic N) is 1. The first-order chi connectivity index (χ1) is 13.9. The summed E-state index contributed by atoms with van der Waals surface area (Å²) < 4.78 is 33.4. The van der Waals surface area contributed by atoms with E-state index in [2.05, 4.69) is 10.0 Å². The third kappa shape index (κ3) is 4.75. The van der Waals surface area contributed by atoms with Gasteiger partial charge in [-0.3, -0.25) is 15.0 Å². The predicted molar refractivity (Wildman–Crippen MR) is 106 cm³/mol. The van der Waals surface area contributed by atoms with E-state index in [1.165, 1.54) is 17.0 Å². The van der Waals surface area contributed by atoms with Crippen molar-refractivity contribution in [3.63, 3.8) is 0 Å². The van der Waals surface area contributed by atoms with Gasteiger partial charge >= 0.3 is 6.03 Å². The Balaban J connectivity index is 1.38. The van der Waals surface area contributed by atoms with Gasteiger partial charge in [0, 0.05) is 18.3 Å². The van der Waals surface area contributed by atoms with E-state index in [1.807, 2.05) is 0 Å². The second-order valence-corrected chi connectivity index (χ2v) is 8.93. The van der Waals surface area contributed by atoms with E-state index in [1.54, 1.807) is 36.4 Å². The molecule has 29 heavy (non-hydrogen) atoms. The molecule has 2 aliphatic rings. The fourth-order valence-electron chi connectivity index (χ4n) is 2.94. The molecule has 9 heteroatoms. The fraction of sp³-hybridized carbons (Fsp3) is 0.300. The topological polar surface area (TPSA) is 105 Å². The van der Waals surface area contributed by atoms with Gasteiger partial charge < -0.3 is 4.74 Å². The Kier molecular flexibility index (Phi) is 5.25. The zero-order chi connectivity index (χ0) is 20.4. The number of nitrogens with one attached hydrogen (secondary N) is 2. The summed E-state index contributed by atoms with van der Waals surface area (Å²) >= 11 is 0. The minimum absolute atomic E-state index is 0.0238. The van der Waals surface area contributed by atoms with Gasteiger partial charge in [0.15, 0.2) is 0 Å². The van der Waals surface area contributed by atoms with E-state index in [9.17, 15) is 18.0 Å². The number of urea groups is 1. The molecule has 2 N–H and O–H groups in total. The molecule has 1 saturated carbocycles. The van der Waals surface area contributed by atoms with Gasteiger partial charge in [-0.25, -0.2) is 17.9 Å². The average Bonchev–Trinajstić information content (AvgIpc) is 3.48. The van der Waals surface area contributed by atoms with Crippen molar-refractivity contribution in [2.45, 2.75) is 24.3 Å². The Bertz CT molecular complexity index is 1030. The van der Waals surface area contributed by atoms with Crippen molar-refractivity contribution in [2.75, 3.05) is 18.1 Å². The molecule has 1 aliphatic heterocycles. The van der Waals surface area contributed by atoms with Crippen LogP contribution in [0.3, 0.4) is 0 Å². The molecule has 3 amide bonds. The monoisotopic (exact) mass is 415 g/mol. The van der Waals surface area contributed by atoms with Gasteiger partial charge in [0.05, 0.1) is 11.5 Å². The van der Waals surface area contributed by atoms with Crippen LogP contribution in [-0.4, -0.2) is 33.5 Å². The van der Waals surface area contributed by atoms with Gasteiger partial charge in [0.1, 0.15) is 12.3 Å². The lowest BCUT2D eigenvalue weighted by molar-refractivity contribution is -0.117. The van der Waals surface area contributed by atoms with Crippen molar-refractivity contribution in [3.8, 4) is 5.75 Å². The quantitative estimate of drug-likeness (QED) is 0.642. The van der Waals surface area contributed by atoms with Crippen molar-refractivity contribution in [3.05, 3.63) is 54.1 Å². The minimum atomic E-state index is -3.69. The molecule has 4 rings (SSSR count). The van der Waals surface area contributed by atoms with Crippen LogP contribution >= 0.6 is 0 Å². The van der Waals surface area contributed by atoms with Gasteiger partial charge in [-0.1, -0.05) is 18.2 Å². The van der Waals surface area contributed by atoms with Crippen LogP contribution in [0.5, 0.6) is 5.75 Å². The highest BCUT2D eigenvalue weighted by Crippen LogP contribution is 2.30. The zero-order valence-electron chi connectivity index (χ0n) is 15.6. The number of rotatable bonds is 8. The molecule has 0 bridgehead atoms. The maximum Gasteiger partial charge on any atom is 0.329 e. The Labute approximate surface area is 168 Å². The van der Waals surface area contributed by atoms with E-state index < -0.39 is 16.1 Å². The first-order valence-corrected chi connectivity index (χ1v) is 10.8. The highest BCUT2D eigenvalue weighted by molar-refractivity contribution is 7.89. The number of ether oxygens (including phenoxy) is 1. The molecule has 8 nitrogen and oxygen atoms in total. The summed E-state index contributed by atoms with van der Waals surface area (Å²) in [5.74, 6) is 0.777. The summed E-state index contributed by atoms with van der Waals surface area (Å²) in [6.07, 6.45) is 2.33. The molecule has 0 spiro atoms. The molecule has 2 aromatic carbocycles. The third-order valence-electron chi connectivity index (χ3n) is 4.81. The number of sulfonamides is 1. The molecule has 152 valence electrons. The number of benzene rings is 2. The fourth-order valence-corrected chi connectivity index (χ4v) is 3.99. The lowest BCUT2D eigenvalue weighted by Gasteiger charge is -2.14. The van der Waals surface area contributed by atoms with E-state index in [0.717, 1.165) is 18.4 Å². The van der Waals surface area contributed by atoms with Crippen LogP contribution in [0.15, 0.2) is 53.4 Å². The Morgan fingerprint density at radius 2 is 1.86 bits per heavy atom. The molecule has 0 radical (unpaired) electrons. The van der Waals surface area contributed by atoms with Crippen LogP contribution < -0.4 is 19.7 Å². The maximum absolute atomic E-state index is 12.6. The summed E-state index contributed by atoms with van der Waals surface area (Å²) in [6.45, 7) is 0.689. The minimum Gasteiger partial charge on any atom is -0.493 e. The zero-order valence-corrected chi connectivity index (χ0v) is 16.4. The second kappa shape index (κ2) is 7.84. The van der Waals surface area contributed by atoms with E-state index in [4.69, 9.17) is 4.74 Å². The standard InChI is InChI=1S/C20H21N3O5S/c24-19-12-23(20(25)22-19)16-8-6-14(7-9-16)11-21-29(26,27)18-3-1-2-17(10-18)28-13-15-4-5-15/h1-3,6-10,15,21H,4-5,11-13H2,(H,22,24,25). The smallest absolute Gasteiger partial charge is 0.329 e. The van der Waals surface area contributed by atoms with E-state index >= 15 is 0 Å². The maximum atomic E-state index is 12.6. The number of amides is 3. The first kappa shape index (κ1) is 19.4. The molecule has 0 aromatic heterocycles. The Morgan fingerprint density at radius 1 is 1.10 bits per heavy atom. The normalized spacial score (nSPS) is 16.8. The summed E-state index contributed by atoms with van der Waals surface area (Å²) in [6, 6.07) is 12.8. The van der Waals surface area contributed by atoms with Crippen molar-refractivity contribution in [1.29, 1.82) is 0 Å². The molecule has 0 atom stereocenters. The Hall–Kier alpha value is -2.91. The number of hydrogen-bond acceptors (Lipinski definition) is 5. The largest absolute Gasteiger partial charge is 0.493 e. The predicted octanol–water partition coefficient (Wildman–Crippen LogP) is 2.01. The molecule has 2 fully saturated rings. The Morgan fingerprint density at radius 3 is 2.52 bits per heavy atom. The van der Waals surface area contributed by atoms with Crippen LogP contribution in [0.1, 0.15) is 18.4 Å². The lowest BCUT2D eigenvalue weighted by atomic mass is 10.2. The SMILES string of the molecule is O=C1CN(c2ccc(CNS(=O)(=O)c3cccc(OCC4CC4)c3)cc2)C(=O)N1. The molecule has 0 unspecified atom stereocenters. The van der Waals surface area contributed by atoms with Gasteiger partial charge in [0.2, 0.25) is 15.9 Å². The molecular formula is C20H21N3O5S. The number of hydrogen-bond donors (Lipinski definition) is 2. The number of carbonyl (C=O) groups excluding carboxylic acids is 2. The molecule has 1 saturated heterocycles. The highest BCUT2D eigenvalue weighted by atomic mass is 32.2. The number of carbonyl (C=O) groups is 2. The van der Waals surface area contributed by atoms with Crippen LogP contribution in [0.25, 0.3) is 0 Å². The second-order valence-electron chi connectivity index (χ2n) is 7.16. The number of anilines is 1. The summed E-state index contributed by atoms with van der Waals surface area (Å²) in [7, 11) is -3.69. The van der Waals surface area contributed by atoms with Crippen molar-refractivity contribution < 1.29 is 22.7 Å². The van der Waals surface area contributed by atoms with Crippen molar-refractivity contribution >= 4 is 27.6 Å². The summed E-state index contributed by atoms with van der Waals surface area (Å²) in [5, 5.41) is 2.21. The molecular weight excluding hydrogens is 394 g/mol. The summed E-state index contributed by atoms with van der Waals surface area (Å²) in [4.78, 5) is 24.5. The molecule has 1 heterocycles. The molecule has 2 aromatic rings. The number of imide groups is 1. The van der Waals surface area contributed by atoms with Crippen LogP contribution in [0.4, 0.5) is 10.5 Å². The van der Waals surface area contributed by atoms with Gasteiger partial charge in [-0.15, -0.1) is 0 Å². The lowest BCUT2D eigenvalue weighted by Crippen LogP contribution is -2.27. The van der Waals surface area contributed by atoms with Gasteiger partial charge in [-0.2, -0.15) is 0 Å². The van der Waals surface area contributed by atoms with Crippen LogP contribution in [0, 0.1) is 5.92 Å². The third-order valence-corrected chi connectivity index (χ3v) is 6.20. The first-order valence-electron chi connectivity index (χ1n) is 9.33. The molecule has 1 aliphatic carbocycles. The van der Waals surface area contributed by atoms with E-state index in [0.29, 0.717) is 24.0 Å². The van der Waals surface area contributed by atoms with Gasteiger partial charge in [0.25, 0.3) is 0 Å². The van der Waals surface area contributed by atoms with Crippen LogP contribution in [0.2, 0.25) is 0 Å². The van der Waals surface area contributed by atoms with E-state index in [-0.39, 0.29) is 23.9 Å². The van der Waals surface area contributed by atoms with Crippen LogP contribution in [-0.2, 0) is 21.4 Å². The van der Waals surface area contributed by atoms with Crippen molar-refractivity contribution in [1.82, 2.24) is 10.0 Å². The van der Waals surface area contributed by atoms with Gasteiger partial charge in [-0.05, 0) is 48.6 Å². The highest BCUT2D eigenvalue weighted by Gasteiger charge is 2.27. The average molecular weight is 415 g/mol. The van der Waals surface area contributed by atoms with Crippen molar-refractivity contribution in [2.24, 2.45) is 5.92 Å².